The fourth-order valence-corrected chi connectivity index (χ4v) is 1.02. The molecule has 0 aliphatic carbocycles. The van der Waals surface area contributed by atoms with E-state index in [1.54, 1.807) is 0 Å². The summed E-state index contributed by atoms with van der Waals surface area (Å²) in [6.07, 6.45) is 0. The Morgan fingerprint density at radius 3 is 2.20 bits per heavy atom. The van der Waals surface area contributed by atoms with E-state index in [9.17, 15) is 0 Å². The molecule has 0 aliphatic rings. The van der Waals surface area contributed by atoms with E-state index in [0.717, 1.165) is 32.9 Å². The SMILES string of the molecule is CC(C)COCCNCCOC(C)(C)C. The molecule has 0 aromatic rings. The third-order valence-electron chi connectivity index (χ3n) is 1.69. The molecule has 3 heteroatoms. The summed E-state index contributed by atoms with van der Waals surface area (Å²) in [6.45, 7) is 14.7. The summed E-state index contributed by atoms with van der Waals surface area (Å²) in [6, 6.07) is 0. The van der Waals surface area contributed by atoms with Crippen molar-refractivity contribution in [2.24, 2.45) is 5.92 Å². The maximum absolute atomic E-state index is 5.57. The van der Waals surface area contributed by atoms with Gasteiger partial charge in [-0.2, -0.15) is 0 Å². The van der Waals surface area contributed by atoms with Crippen LogP contribution in [0.4, 0.5) is 0 Å². The Balaban J connectivity index is 3.06. The molecule has 15 heavy (non-hydrogen) atoms. The van der Waals surface area contributed by atoms with Crippen molar-refractivity contribution in [1.29, 1.82) is 0 Å². The van der Waals surface area contributed by atoms with Gasteiger partial charge < -0.3 is 14.8 Å². The van der Waals surface area contributed by atoms with E-state index < -0.39 is 0 Å². The highest BCUT2D eigenvalue weighted by molar-refractivity contribution is 4.59. The van der Waals surface area contributed by atoms with Gasteiger partial charge in [0.2, 0.25) is 0 Å². The fraction of sp³-hybridized carbons (Fsp3) is 1.00. The third kappa shape index (κ3) is 13.9. The predicted octanol–water partition coefficient (Wildman–Crippen LogP) is 2.06. The highest BCUT2D eigenvalue weighted by Gasteiger charge is 2.08. The lowest BCUT2D eigenvalue weighted by Crippen LogP contribution is -2.28. The highest BCUT2D eigenvalue weighted by atomic mass is 16.5. The van der Waals surface area contributed by atoms with Crippen LogP contribution >= 0.6 is 0 Å². The summed E-state index contributed by atoms with van der Waals surface area (Å²) in [4.78, 5) is 0. The van der Waals surface area contributed by atoms with Crippen LogP contribution in [0.25, 0.3) is 0 Å². The molecule has 92 valence electrons. The molecule has 0 saturated heterocycles. The smallest absolute Gasteiger partial charge is 0.0599 e. The van der Waals surface area contributed by atoms with Crippen LogP contribution in [0.2, 0.25) is 0 Å². The van der Waals surface area contributed by atoms with Gasteiger partial charge in [-0.1, -0.05) is 13.8 Å². The van der Waals surface area contributed by atoms with Gasteiger partial charge in [-0.15, -0.1) is 0 Å². The van der Waals surface area contributed by atoms with Crippen LogP contribution in [0.1, 0.15) is 34.6 Å². The van der Waals surface area contributed by atoms with Gasteiger partial charge in [-0.25, -0.2) is 0 Å². The van der Waals surface area contributed by atoms with Gasteiger partial charge in [0.25, 0.3) is 0 Å². The lowest BCUT2D eigenvalue weighted by atomic mass is 10.2. The van der Waals surface area contributed by atoms with Crippen molar-refractivity contribution in [1.82, 2.24) is 5.32 Å². The Kier molecular flexibility index (Phi) is 8.02. The molecule has 3 nitrogen and oxygen atoms in total. The van der Waals surface area contributed by atoms with Crippen molar-refractivity contribution >= 4 is 0 Å². The second-order valence-electron chi connectivity index (χ2n) is 5.18. The van der Waals surface area contributed by atoms with Crippen LogP contribution in [0.3, 0.4) is 0 Å². The van der Waals surface area contributed by atoms with E-state index in [-0.39, 0.29) is 5.60 Å². The Bertz CT molecular complexity index is 141. The molecule has 0 heterocycles. The maximum atomic E-state index is 5.57. The van der Waals surface area contributed by atoms with Crippen molar-refractivity contribution in [3.63, 3.8) is 0 Å². The van der Waals surface area contributed by atoms with Crippen molar-refractivity contribution in [2.75, 3.05) is 32.9 Å². The topological polar surface area (TPSA) is 30.5 Å². The molecule has 0 spiro atoms. The van der Waals surface area contributed by atoms with Gasteiger partial charge in [0.05, 0.1) is 18.8 Å². The lowest BCUT2D eigenvalue weighted by Gasteiger charge is -2.19. The molecule has 0 atom stereocenters. The van der Waals surface area contributed by atoms with Gasteiger partial charge in [0.15, 0.2) is 0 Å². The first-order chi connectivity index (χ1) is 6.92. The van der Waals surface area contributed by atoms with E-state index in [2.05, 4.69) is 39.9 Å². The maximum Gasteiger partial charge on any atom is 0.0599 e. The first-order valence-electron chi connectivity index (χ1n) is 5.84. The van der Waals surface area contributed by atoms with Crippen LogP contribution in [-0.4, -0.2) is 38.5 Å². The number of nitrogens with one attached hydrogen (secondary N) is 1. The van der Waals surface area contributed by atoms with Crippen LogP contribution in [-0.2, 0) is 9.47 Å². The molecule has 0 rings (SSSR count). The van der Waals surface area contributed by atoms with Crippen LogP contribution < -0.4 is 5.32 Å². The molecule has 0 aliphatic heterocycles. The van der Waals surface area contributed by atoms with Gasteiger partial charge in [-0.3, -0.25) is 0 Å². The molecule has 0 unspecified atom stereocenters. The van der Waals surface area contributed by atoms with Crippen molar-refractivity contribution in [3.8, 4) is 0 Å². The van der Waals surface area contributed by atoms with Crippen LogP contribution in [0, 0.1) is 5.92 Å². The van der Waals surface area contributed by atoms with Gasteiger partial charge >= 0.3 is 0 Å². The Morgan fingerprint density at radius 1 is 1.07 bits per heavy atom. The minimum Gasteiger partial charge on any atom is -0.380 e. The molecular formula is C12H27NO2. The Hall–Kier alpha value is -0.120. The summed E-state index contributed by atoms with van der Waals surface area (Å²) < 4.78 is 11.0. The van der Waals surface area contributed by atoms with E-state index >= 15 is 0 Å². The molecule has 0 aromatic heterocycles. The highest BCUT2D eigenvalue weighted by Crippen LogP contribution is 2.04. The zero-order valence-corrected chi connectivity index (χ0v) is 10.9. The molecular weight excluding hydrogens is 190 g/mol. The molecule has 0 radical (unpaired) electrons. The minimum atomic E-state index is -0.0319. The quantitative estimate of drug-likeness (QED) is 0.631. The Morgan fingerprint density at radius 2 is 1.67 bits per heavy atom. The molecule has 1 N–H and O–H groups in total. The van der Waals surface area contributed by atoms with Crippen molar-refractivity contribution < 1.29 is 9.47 Å². The minimum absolute atomic E-state index is 0.0319. The summed E-state index contributed by atoms with van der Waals surface area (Å²) in [5.74, 6) is 0.620. The third-order valence-corrected chi connectivity index (χ3v) is 1.69. The average molecular weight is 217 g/mol. The second-order valence-corrected chi connectivity index (χ2v) is 5.18. The molecule has 0 amide bonds. The summed E-state index contributed by atoms with van der Waals surface area (Å²) >= 11 is 0. The lowest BCUT2D eigenvalue weighted by molar-refractivity contribution is -0.00141. The van der Waals surface area contributed by atoms with E-state index in [1.165, 1.54) is 0 Å². The monoisotopic (exact) mass is 217 g/mol. The second kappa shape index (κ2) is 8.08. The molecule has 0 saturated carbocycles. The number of hydrogen-bond donors (Lipinski definition) is 1. The summed E-state index contributed by atoms with van der Waals surface area (Å²) in [7, 11) is 0. The zero-order valence-electron chi connectivity index (χ0n) is 10.9. The van der Waals surface area contributed by atoms with Gasteiger partial charge in [-0.05, 0) is 26.7 Å². The van der Waals surface area contributed by atoms with Gasteiger partial charge in [0, 0.05) is 19.7 Å². The van der Waals surface area contributed by atoms with Crippen molar-refractivity contribution in [3.05, 3.63) is 0 Å². The molecule has 0 bridgehead atoms. The average Bonchev–Trinajstić information content (AvgIpc) is 2.07. The van der Waals surface area contributed by atoms with Gasteiger partial charge in [0.1, 0.15) is 0 Å². The molecule has 0 fully saturated rings. The number of hydrogen-bond acceptors (Lipinski definition) is 3. The summed E-state index contributed by atoms with van der Waals surface area (Å²) in [5, 5.41) is 3.28. The van der Waals surface area contributed by atoms with Crippen molar-refractivity contribution in [2.45, 2.75) is 40.2 Å². The number of ether oxygens (including phenoxy) is 2. The zero-order chi connectivity index (χ0) is 11.7. The normalized spacial score (nSPS) is 12.4. The first kappa shape index (κ1) is 14.9. The number of rotatable bonds is 8. The van der Waals surface area contributed by atoms with E-state index in [0.29, 0.717) is 5.92 Å². The standard InChI is InChI=1S/C12H27NO2/c1-11(2)10-14-8-6-13-7-9-15-12(3,4)5/h11,13H,6-10H2,1-5H3. The fourth-order valence-electron chi connectivity index (χ4n) is 1.02. The van der Waals surface area contributed by atoms with Crippen LogP contribution in [0.15, 0.2) is 0 Å². The predicted molar refractivity (Wildman–Crippen MR) is 64.2 cm³/mol. The Labute approximate surface area is 94.5 Å². The largest absolute Gasteiger partial charge is 0.380 e. The van der Waals surface area contributed by atoms with E-state index in [1.807, 2.05) is 0 Å². The molecule has 0 aromatic carbocycles. The van der Waals surface area contributed by atoms with E-state index in [4.69, 9.17) is 9.47 Å². The first-order valence-corrected chi connectivity index (χ1v) is 5.84. The summed E-state index contributed by atoms with van der Waals surface area (Å²) in [5.41, 5.74) is -0.0319. The van der Waals surface area contributed by atoms with Crippen LogP contribution in [0.5, 0.6) is 0 Å².